The number of nitrogens with zero attached hydrogens (tertiary/aromatic N) is 7. The molecule has 9 nitrogen and oxygen atoms in total. The third kappa shape index (κ3) is 3.30. The Bertz CT molecular complexity index is 995. The molecule has 0 amide bonds. The molecule has 25 heavy (non-hydrogen) atoms. The van der Waals surface area contributed by atoms with Crippen LogP contribution in [0.1, 0.15) is 25.7 Å². The third-order valence-corrected chi connectivity index (χ3v) is 3.57. The van der Waals surface area contributed by atoms with E-state index < -0.39 is 0 Å². The van der Waals surface area contributed by atoms with Crippen molar-refractivity contribution in [2.75, 3.05) is 0 Å². The van der Waals surface area contributed by atoms with Gasteiger partial charge in [-0.15, -0.1) is 14.8 Å². The van der Waals surface area contributed by atoms with Crippen LogP contribution in [0.4, 0.5) is 0 Å². The Kier molecular flexibility index (Phi) is 4.03. The highest BCUT2D eigenvalue weighted by Crippen LogP contribution is 2.25. The van der Waals surface area contributed by atoms with Gasteiger partial charge in [0.05, 0.1) is 0 Å². The van der Waals surface area contributed by atoms with Gasteiger partial charge in [-0.2, -0.15) is 4.98 Å². The van der Waals surface area contributed by atoms with Crippen LogP contribution in [0.5, 0.6) is 11.6 Å². The first-order valence-corrected chi connectivity index (χ1v) is 7.98. The summed E-state index contributed by atoms with van der Waals surface area (Å²) >= 11 is 0. The second-order valence-corrected chi connectivity index (χ2v) is 5.44. The molecule has 3 heterocycles. The van der Waals surface area contributed by atoms with E-state index in [9.17, 15) is 0 Å². The van der Waals surface area contributed by atoms with Gasteiger partial charge < -0.3 is 9.26 Å². The molecule has 1 aromatic carbocycles. The Morgan fingerprint density at radius 3 is 3.08 bits per heavy atom. The van der Waals surface area contributed by atoms with Gasteiger partial charge in [-0.1, -0.05) is 30.6 Å². The average Bonchev–Trinajstić information content (AvgIpc) is 3.29. The van der Waals surface area contributed by atoms with E-state index in [1.165, 1.54) is 4.63 Å². The minimum atomic E-state index is 0.383. The summed E-state index contributed by atoms with van der Waals surface area (Å²) in [7, 11) is 0. The number of hydrogen-bond donors (Lipinski definition) is 0. The fourth-order valence-electron chi connectivity index (χ4n) is 2.31. The summed E-state index contributed by atoms with van der Waals surface area (Å²) in [4.78, 5) is 4.42. The minimum absolute atomic E-state index is 0.383. The molecular weight excluding hydrogens is 322 g/mol. The Morgan fingerprint density at radius 1 is 1.20 bits per heavy atom. The number of aryl methyl sites for hydroxylation is 1. The molecule has 0 unspecified atom stereocenters. The number of unbranched alkanes of at least 4 members (excludes halogenated alkanes) is 1. The quantitative estimate of drug-likeness (QED) is 0.529. The number of benzene rings is 1. The van der Waals surface area contributed by atoms with Crippen LogP contribution < -0.4 is 4.74 Å². The van der Waals surface area contributed by atoms with Crippen LogP contribution in [-0.4, -0.2) is 35.4 Å². The van der Waals surface area contributed by atoms with Crippen molar-refractivity contribution in [2.24, 2.45) is 0 Å². The molecule has 4 aromatic rings. The highest BCUT2D eigenvalue weighted by Gasteiger charge is 2.10. The van der Waals surface area contributed by atoms with Crippen molar-refractivity contribution in [1.29, 1.82) is 0 Å². The van der Waals surface area contributed by atoms with E-state index in [2.05, 4.69) is 37.7 Å². The van der Waals surface area contributed by atoms with Crippen molar-refractivity contribution in [3.63, 3.8) is 0 Å². The van der Waals surface area contributed by atoms with Crippen LogP contribution in [0.15, 0.2) is 40.9 Å². The summed E-state index contributed by atoms with van der Waals surface area (Å²) in [5, 5.41) is 19.3. The van der Waals surface area contributed by atoms with Gasteiger partial charge in [-0.3, -0.25) is 0 Å². The maximum Gasteiger partial charge on any atom is 0.239 e. The standard InChI is InChI=1S/C16H15N7O2/c1-2-3-7-14-17-16(20-25-14)11-5-4-6-12(10-11)24-15-9-8-13-18-21-22-23(13)19-15/h4-6,8-10H,2-3,7H2,1H3. The second kappa shape index (κ2) is 6.63. The Labute approximate surface area is 142 Å². The lowest BCUT2D eigenvalue weighted by Crippen LogP contribution is -1.97. The molecule has 0 saturated heterocycles. The average molecular weight is 337 g/mol. The van der Waals surface area contributed by atoms with Crippen molar-refractivity contribution in [2.45, 2.75) is 26.2 Å². The van der Waals surface area contributed by atoms with Gasteiger partial charge in [0.15, 0.2) is 5.65 Å². The normalized spacial score (nSPS) is 11.1. The van der Waals surface area contributed by atoms with Crippen LogP contribution in [0, 0.1) is 0 Å². The lowest BCUT2D eigenvalue weighted by Gasteiger charge is -2.05. The maximum atomic E-state index is 5.78. The fraction of sp³-hybridized carbons (Fsp3) is 0.250. The monoisotopic (exact) mass is 337 g/mol. The largest absolute Gasteiger partial charge is 0.437 e. The van der Waals surface area contributed by atoms with Crippen molar-refractivity contribution < 1.29 is 9.26 Å². The molecule has 126 valence electrons. The van der Waals surface area contributed by atoms with Gasteiger partial charge in [0.25, 0.3) is 0 Å². The molecule has 0 aliphatic heterocycles. The molecule has 0 radical (unpaired) electrons. The van der Waals surface area contributed by atoms with Gasteiger partial charge in [0, 0.05) is 18.1 Å². The molecule has 0 aliphatic rings. The van der Waals surface area contributed by atoms with Gasteiger partial charge in [0.2, 0.25) is 17.6 Å². The molecule has 4 rings (SSSR count). The first-order valence-electron chi connectivity index (χ1n) is 7.98. The molecular formula is C16H15N7O2. The summed E-state index contributed by atoms with van der Waals surface area (Å²) < 4.78 is 12.4. The van der Waals surface area contributed by atoms with Crippen molar-refractivity contribution in [3.8, 4) is 23.0 Å². The van der Waals surface area contributed by atoms with E-state index in [0.29, 0.717) is 29.0 Å². The molecule has 3 aromatic heterocycles. The van der Waals surface area contributed by atoms with E-state index in [1.807, 2.05) is 24.3 Å². The van der Waals surface area contributed by atoms with Crippen LogP contribution in [0.2, 0.25) is 0 Å². The van der Waals surface area contributed by atoms with Gasteiger partial charge in [0.1, 0.15) is 5.75 Å². The predicted molar refractivity (Wildman–Crippen MR) is 87.0 cm³/mol. The molecule has 0 aliphatic carbocycles. The Balaban J connectivity index is 1.55. The number of hydrogen-bond acceptors (Lipinski definition) is 8. The van der Waals surface area contributed by atoms with Gasteiger partial charge >= 0.3 is 0 Å². The summed E-state index contributed by atoms with van der Waals surface area (Å²) in [6.07, 6.45) is 2.89. The van der Waals surface area contributed by atoms with Crippen LogP contribution >= 0.6 is 0 Å². The van der Waals surface area contributed by atoms with E-state index in [1.54, 1.807) is 12.1 Å². The number of aromatic nitrogens is 7. The summed E-state index contributed by atoms with van der Waals surface area (Å²) in [6, 6.07) is 10.9. The highest BCUT2D eigenvalue weighted by atomic mass is 16.5. The van der Waals surface area contributed by atoms with E-state index >= 15 is 0 Å². The van der Waals surface area contributed by atoms with Crippen LogP contribution in [-0.2, 0) is 6.42 Å². The van der Waals surface area contributed by atoms with Crippen molar-refractivity contribution in [1.82, 2.24) is 35.4 Å². The SMILES string of the molecule is CCCCc1nc(-c2cccc(Oc3ccc4nnnn4n3)c2)no1. The zero-order valence-electron chi connectivity index (χ0n) is 13.5. The Morgan fingerprint density at radius 2 is 2.16 bits per heavy atom. The van der Waals surface area contributed by atoms with E-state index in [4.69, 9.17) is 9.26 Å². The molecule has 0 bridgehead atoms. The molecule has 0 saturated carbocycles. The van der Waals surface area contributed by atoms with E-state index in [0.717, 1.165) is 24.8 Å². The first-order chi connectivity index (χ1) is 12.3. The summed E-state index contributed by atoms with van der Waals surface area (Å²) in [5.74, 6) is 2.18. The predicted octanol–water partition coefficient (Wildman–Crippen LogP) is 2.70. The lowest BCUT2D eigenvalue weighted by atomic mass is 10.2. The molecule has 9 heteroatoms. The zero-order chi connectivity index (χ0) is 17.1. The molecule has 0 N–H and O–H groups in total. The van der Waals surface area contributed by atoms with Gasteiger partial charge in [-0.25, -0.2) is 0 Å². The Hall–Kier alpha value is -3.36. The smallest absolute Gasteiger partial charge is 0.239 e. The van der Waals surface area contributed by atoms with Crippen molar-refractivity contribution in [3.05, 3.63) is 42.3 Å². The molecule has 0 spiro atoms. The lowest BCUT2D eigenvalue weighted by molar-refractivity contribution is 0.375. The molecule has 0 atom stereocenters. The van der Waals surface area contributed by atoms with Gasteiger partial charge in [-0.05, 0) is 35.0 Å². The second-order valence-electron chi connectivity index (χ2n) is 5.44. The number of rotatable bonds is 6. The summed E-state index contributed by atoms with van der Waals surface area (Å²) in [5.41, 5.74) is 1.36. The van der Waals surface area contributed by atoms with Crippen molar-refractivity contribution >= 4 is 5.65 Å². The number of fused-ring (bicyclic) bond motifs is 1. The first kappa shape index (κ1) is 15.2. The number of tetrazole rings is 1. The third-order valence-electron chi connectivity index (χ3n) is 3.57. The minimum Gasteiger partial charge on any atom is -0.437 e. The number of ether oxygens (including phenoxy) is 1. The van der Waals surface area contributed by atoms with Crippen LogP contribution in [0.3, 0.4) is 0 Å². The fourth-order valence-corrected chi connectivity index (χ4v) is 2.31. The summed E-state index contributed by atoms with van der Waals surface area (Å²) in [6.45, 7) is 2.12. The van der Waals surface area contributed by atoms with E-state index in [-0.39, 0.29) is 0 Å². The topological polar surface area (TPSA) is 104 Å². The zero-order valence-corrected chi connectivity index (χ0v) is 13.5. The van der Waals surface area contributed by atoms with Crippen LogP contribution in [0.25, 0.3) is 17.0 Å². The maximum absolute atomic E-state index is 5.78. The molecule has 0 fully saturated rings. The highest BCUT2D eigenvalue weighted by molar-refractivity contribution is 5.57.